The van der Waals surface area contributed by atoms with Crippen molar-refractivity contribution in [3.8, 4) is 0 Å². The average Bonchev–Trinajstić information content (AvgIpc) is 2.82. The number of aromatic amines is 1. The Kier molecular flexibility index (Phi) is 3.63. The minimum atomic E-state index is -0.250. The highest BCUT2D eigenvalue weighted by atomic mass is 16.1. The summed E-state index contributed by atoms with van der Waals surface area (Å²) in [7, 11) is 0. The van der Waals surface area contributed by atoms with E-state index >= 15 is 0 Å². The van der Waals surface area contributed by atoms with E-state index in [2.05, 4.69) is 25.6 Å². The number of benzene rings is 1. The molecule has 0 fully saturated rings. The highest BCUT2D eigenvalue weighted by Gasteiger charge is 2.15. The monoisotopic (exact) mass is 284 g/mol. The lowest BCUT2D eigenvalue weighted by atomic mass is 10.3. The molecule has 3 rings (SSSR count). The maximum absolute atomic E-state index is 12.4. The van der Waals surface area contributed by atoms with Gasteiger partial charge in [-0.2, -0.15) is 9.80 Å². The van der Waals surface area contributed by atoms with Gasteiger partial charge in [0.25, 0.3) is 0 Å². The first-order valence-corrected chi connectivity index (χ1v) is 6.83. The van der Waals surface area contributed by atoms with E-state index in [1.807, 2.05) is 30.3 Å². The molecule has 0 bridgehead atoms. The van der Waals surface area contributed by atoms with Crippen molar-refractivity contribution >= 4 is 17.3 Å². The van der Waals surface area contributed by atoms with Crippen LogP contribution in [0.4, 0.5) is 11.4 Å². The van der Waals surface area contributed by atoms with Gasteiger partial charge < -0.3 is 5.32 Å². The topological polar surface area (TPSA) is 86.9 Å². The molecule has 0 aliphatic carbocycles. The zero-order valence-electron chi connectivity index (χ0n) is 11.7. The fourth-order valence-corrected chi connectivity index (χ4v) is 2.08. The molecule has 0 amide bonds. The Morgan fingerprint density at radius 1 is 1.24 bits per heavy atom. The van der Waals surface area contributed by atoms with Gasteiger partial charge >= 0.3 is 5.56 Å². The van der Waals surface area contributed by atoms with Gasteiger partial charge in [-0.1, -0.05) is 18.2 Å². The number of rotatable bonds is 2. The van der Waals surface area contributed by atoms with E-state index in [0.717, 1.165) is 13.0 Å². The summed E-state index contributed by atoms with van der Waals surface area (Å²) in [6, 6.07) is 9.31. The minimum Gasteiger partial charge on any atom is -0.354 e. The van der Waals surface area contributed by atoms with Crippen molar-refractivity contribution in [1.82, 2.24) is 15.1 Å². The Balaban J connectivity index is 1.93. The molecule has 1 aliphatic rings. The molecule has 0 radical (unpaired) electrons. The largest absolute Gasteiger partial charge is 0.354 e. The van der Waals surface area contributed by atoms with Gasteiger partial charge in [-0.15, -0.1) is 5.11 Å². The van der Waals surface area contributed by atoms with Gasteiger partial charge in [0.1, 0.15) is 0 Å². The summed E-state index contributed by atoms with van der Waals surface area (Å²) in [4.78, 5) is 16.7. The van der Waals surface area contributed by atoms with Crippen molar-refractivity contribution in [3.63, 3.8) is 0 Å². The number of nitrogens with one attached hydrogen (secondary N) is 2. The molecule has 1 aromatic carbocycles. The molecule has 2 N–H and O–H groups in total. The van der Waals surface area contributed by atoms with Crippen molar-refractivity contribution in [1.29, 1.82) is 0 Å². The fraction of sp³-hybridized carbons (Fsp3) is 0.286. The Labute approximate surface area is 121 Å². The van der Waals surface area contributed by atoms with Crippen LogP contribution in [-0.4, -0.2) is 28.8 Å². The average molecular weight is 284 g/mol. The van der Waals surface area contributed by atoms with E-state index in [1.165, 1.54) is 4.68 Å². The third-order valence-electron chi connectivity index (χ3n) is 3.15. The first kappa shape index (κ1) is 13.3. The summed E-state index contributed by atoms with van der Waals surface area (Å²) in [5.41, 5.74) is 1.42. The van der Waals surface area contributed by atoms with Crippen molar-refractivity contribution in [2.45, 2.75) is 13.3 Å². The number of nitrogens with zero attached hydrogens (tertiary/aromatic N) is 4. The van der Waals surface area contributed by atoms with E-state index in [0.29, 0.717) is 29.6 Å². The van der Waals surface area contributed by atoms with E-state index < -0.39 is 0 Å². The van der Waals surface area contributed by atoms with Gasteiger partial charge in [-0.05, 0) is 25.5 Å². The van der Waals surface area contributed by atoms with Gasteiger partial charge in [0.2, 0.25) is 5.96 Å². The molecule has 0 unspecified atom stereocenters. The maximum atomic E-state index is 12.4. The highest BCUT2D eigenvalue weighted by Crippen LogP contribution is 2.17. The third kappa shape index (κ3) is 2.76. The van der Waals surface area contributed by atoms with E-state index in [-0.39, 0.29) is 5.56 Å². The van der Waals surface area contributed by atoms with Crippen molar-refractivity contribution in [3.05, 3.63) is 46.4 Å². The molecule has 21 heavy (non-hydrogen) atoms. The van der Waals surface area contributed by atoms with Crippen LogP contribution in [0.5, 0.6) is 0 Å². The van der Waals surface area contributed by atoms with Crippen LogP contribution in [-0.2, 0) is 0 Å². The van der Waals surface area contributed by atoms with Crippen LogP contribution in [0.3, 0.4) is 0 Å². The number of azo groups is 1. The summed E-state index contributed by atoms with van der Waals surface area (Å²) in [5, 5.41) is 14.2. The number of H-pyrrole nitrogens is 1. The molecular weight excluding hydrogens is 268 g/mol. The van der Waals surface area contributed by atoms with E-state index in [9.17, 15) is 4.79 Å². The number of aryl methyl sites for hydroxylation is 1. The van der Waals surface area contributed by atoms with Gasteiger partial charge in [0.05, 0.1) is 11.4 Å². The second kappa shape index (κ2) is 5.74. The fourth-order valence-electron chi connectivity index (χ4n) is 2.08. The molecular formula is C14H16N6O. The molecule has 2 heterocycles. The van der Waals surface area contributed by atoms with Crippen LogP contribution in [0.1, 0.15) is 12.1 Å². The smallest absolute Gasteiger partial charge is 0.301 e. The Bertz CT molecular complexity index is 741. The normalized spacial score (nSPS) is 15.0. The van der Waals surface area contributed by atoms with Crippen LogP contribution < -0.4 is 10.9 Å². The van der Waals surface area contributed by atoms with Crippen LogP contribution >= 0.6 is 0 Å². The van der Waals surface area contributed by atoms with E-state index in [4.69, 9.17) is 0 Å². The number of hydrogen-bond donors (Lipinski definition) is 2. The second-order valence-corrected chi connectivity index (χ2v) is 4.75. The van der Waals surface area contributed by atoms with Gasteiger partial charge in [0.15, 0.2) is 5.69 Å². The third-order valence-corrected chi connectivity index (χ3v) is 3.15. The van der Waals surface area contributed by atoms with Crippen LogP contribution in [0.2, 0.25) is 0 Å². The highest BCUT2D eigenvalue weighted by molar-refractivity contribution is 5.82. The first-order chi connectivity index (χ1) is 10.3. The summed E-state index contributed by atoms with van der Waals surface area (Å²) in [6.07, 6.45) is 0.971. The molecule has 7 heteroatoms. The van der Waals surface area contributed by atoms with Gasteiger partial charge in [-0.25, -0.2) is 0 Å². The van der Waals surface area contributed by atoms with Gasteiger partial charge in [-0.3, -0.25) is 14.9 Å². The Hall–Kier alpha value is -2.70. The maximum Gasteiger partial charge on any atom is 0.301 e. The molecule has 1 aliphatic heterocycles. The predicted molar refractivity (Wildman–Crippen MR) is 80.7 cm³/mol. The summed E-state index contributed by atoms with van der Waals surface area (Å²) in [6.45, 7) is 3.32. The zero-order chi connectivity index (χ0) is 14.7. The SMILES string of the molecule is Cc1[nH]n(C2=NCCCN2)c(=O)c1N=Nc1ccccc1. The van der Waals surface area contributed by atoms with Crippen molar-refractivity contribution in [2.75, 3.05) is 13.1 Å². The number of aromatic nitrogens is 2. The lowest BCUT2D eigenvalue weighted by Gasteiger charge is -2.13. The predicted octanol–water partition coefficient (Wildman–Crippen LogP) is 2.10. The molecule has 2 aromatic rings. The second-order valence-electron chi connectivity index (χ2n) is 4.75. The quantitative estimate of drug-likeness (QED) is 0.827. The lowest BCUT2D eigenvalue weighted by molar-refractivity contribution is 0.693. The molecule has 0 spiro atoms. The van der Waals surface area contributed by atoms with Crippen LogP contribution in [0.15, 0.2) is 50.3 Å². The van der Waals surface area contributed by atoms with Crippen molar-refractivity contribution < 1.29 is 0 Å². The first-order valence-electron chi connectivity index (χ1n) is 6.83. The summed E-state index contributed by atoms with van der Waals surface area (Å²) >= 11 is 0. The number of aliphatic imine (C=N–C) groups is 1. The lowest BCUT2D eigenvalue weighted by Crippen LogP contribution is -2.40. The van der Waals surface area contributed by atoms with Gasteiger partial charge in [0, 0.05) is 13.1 Å². The van der Waals surface area contributed by atoms with Crippen LogP contribution in [0.25, 0.3) is 0 Å². The molecule has 0 saturated carbocycles. The zero-order valence-corrected chi connectivity index (χ0v) is 11.7. The van der Waals surface area contributed by atoms with Crippen LogP contribution in [0, 0.1) is 6.92 Å². The Morgan fingerprint density at radius 3 is 2.76 bits per heavy atom. The summed E-state index contributed by atoms with van der Waals surface area (Å²) < 4.78 is 1.38. The summed E-state index contributed by atoms with van der Waals surface area (Å²) in [5.74, 6) is 0.538. The standard InChI is InChI=1S/C14H16N6O/c1-10-12(18-17-11-6-3-2-4-7-11)13(21)20(19-10)14-15-8-5-9-16-14/h2-4,6-7,19H,5,8-9H2,1H3,(H,15,16). The minimum absolute atomic E-state index is 0.250. The molecule has 1 aromatic heterocycles. The molecule has 0 saturated heterocycles. The Morgan fingerprint density at radius 2 is 2.05 bits per heavy atom. The van der Waals surface area contributed by atoms with Crippen molar-refractivity contribution in [2.24, 2.45) is 15.2 Å². The number of hydrogen-bond acceptors (Lipinski definition) is 5. The molecule has 7 nitrogen and oxygen atoms in total. The van der Waals surface area contributed by atoms with E-state index in [1.54, 1.807) is 6.92 Å². The molecule has 0 atom stereocenters. The molecule has 108 valence electrons.